The van der Waals surface area contributed by atoms with Crippen molar-refractivity contribution in [3.05, 3.63) is 89.1 Å². The van der Waals surface area contributed by atoms with Gasteiger partial charge in [0.15, 0.2) is 11.6 Å². The van der Waals surface area contributed by atoms with Crippen LogP contribution in [-0.2, 0) is 20.8 Å². The number of nitrogens with one attached hydrogen (secondary N) is 1. The van der Waals surface area contributed by atoms with Gasteiger partial charge in [0.1, 0.15) is 6.54 Å². The van der Waals surface area contributed by atoms with Crippen LogP contribution < -0.4 is 20.7 Å². The second-order valence-corrected chi connectivity index (χ2v) is 8.74. The molecule has 0 saturated carbocycles. The highest BCUT2D eigenvalue weighted by Crippen LogP contribution is 2.29. The van der Waals surface area contributed by atoms with Crippen LogP contribution in [0, 0.1) is 17.6 Å². The summed E-state index contributed by atoms with van der Waals surface area (Å²) in [5.41, 5.74) is 7.69. The van der Waals surface area contributed by atoms with Gasteiger partial charge in [0.2, 0.25) is 23.9 Å². The van der Waals surface area contributed by atoms with Crippen molar-refractivity contribution < 1.29 is 27.9 Å². The van der Waals surface area contributed by atoms with E-state index >= 15 is 0 Å². The number of aliphatic imine (C=N–C) groups is 1. The van der Waals surface area contributed by atoms with Gasteiger partial charge < -0.3 is 15.8 Å². The molecule has 1 aliphatic heterocycles. The average Bonchev–Trinajstić information content (AvgIpc) is 3.01. The van der Waals surface area contributed by atoms with Crippen molar-refractivity contribution >= 4 is 29.1 Å². The zero-order valence-corrected chi connectivity index (χ0v) is 20.7. The van der Waals surface area contributed by atoms with Crippen LogP contribution in [0.5, 0.6) is 5.88 Å². The maximum Gasteiger partial charge on any atom is 0.272 e. The summed E-state index contributed by atoms with van der Waals surface area (Å²) in [6, 6.07) is 13.5. The second-order valence-electron chi connectivity index (χ2n) is 8.74. The van der Waals surface area contributed by atoms with Crippen molar-refractivity contribution in [2.75, 3.05) is 18.6 Å². The molecule has 196 valence electrons. The molecule has 3 aromatic rings. The van der Waals surface area contributed by atoms with Gasteiger partial charge in [-0.25, -0.2) is 18.8 Å². The lowest BCUT2D eigenvalue weighted by Crippen LogP contribution is -2.50. The predicted molar refractivity (Wildman–Crippen MR) is 136 cm³/mol. The number of ether oxygens (including phenoxy) is 1. The molecular formula is C27H25F2N5O4. The van der Waals surface area contributed by atoms with E-state index in [1.54, 1.807) is 43.3 Å². The normalized spacial score (nSPS) is 15.7. The van der Waals surface area contributed by atoms with Crippen LogP contribution in [0.3, 0.4) is 0 Å². The summed E-state index contributed by atoms with van der Waals surface area (Å²) in [4.78, 5) is 48.5. The summed E-state index contributed by atoms with van der Waals surface area (Å²) < 4.78 is 32.2. The molecule has 2 heterocycles. The quantitative estimate of drug-likeness (QED) is 0.471. The minimum Gasteiger partial charge on any atom is -0.481 e. The standard InChI is InChI=1S/C27H25F2N5O4/c1-15(11-16-7-8-19(28)20(29)12-16)26(36)33-25-27(37)34(14-22(30)35)21-6-4-3-5-18(21)24(32-25)17-9-10-31-23(13-17)38-2/h3-10,12-13,15,25H,11,14H2,1-2H3,(H2,30,35)(H,33,36)/t15-,25?/m0/s1. The van der Waals surface area contributed by atoms with Crippen molar-refractivity contribution in [1.29, 1.82) is 0 Å². The molecule has 1 aliphatic rings. The Bertz CT molecular complexity index is 1430. The van der Waals surface area contributed by atoms with Gasteiger partial charge in [0.05, 0.1) is 18.5 Å². The molecule has 0 fully saturated rings. The minimum absolute atomic E-state index is 0.0906. The Labute approximate surface area is 217 Å². The van der Waals surface area contributed by atoms with Gasteiger partial charge in [-0.3, -0.25) is 19.3 Å². The van der Waals surface area contributed by atoms with E-state index in [1.165, 1.54) is 24.3 Å². The van der Waals surface area contributed by atoms with Crippen LogP contribution in [0.1, 0.15) is 23.6 Å². The number of methoxy groups -OCH3 is 1. The first kappa shape index (κ1) is 26.4. The highest BCUT2D eigenvalue weighted by molar-refractivity contribution is 6.21. The number of benzene rings is 2. The number of rotatable bonds is 8. The largest absolute Gasteiger partial charge is 0.481 e. The number of para-hydroxylation sites is 1. The van der Waals surface area contributed by atoms with Gasteiger partial charge in [-0.1, -0.05) is 31.2 Å². The number of carbonyl (C=O) groups excluding carboxylic acids is 3. The number of nitrogens with two attached hydrogens (primary N) is 1. The first-order chi connectivity index (χ1) is 18.2. The number of nitrogens with zero attached hydrogens (tertiary/aromatic N) is 3. The Morgan fingerprint density at radius 2 is 1.89 bits per heavy atom. The number of amides is 3. The lowest BCUT2D eigenvalue weighted by molar-refractivity contribution is -0.129. The lowest BCUT2D eigenvalue weighted by atomic mass is 10.00. The third-order valence-corrected chi connectivity index (χ3v) is 5.99. The summed E-state index contributed by atoms with van der Waals surface area (Å²) in [7, 11) is 1.46. The van der Waals surface area contributed by atoms with Crippen LogP contribution in [0.4, 0.5) is 14.5 Å². The minimum atomic E-state index is -1.41. The number of hydrogen-bond acceptors (Lipinski definition) is 6. The van der Waals surface area contributed by atoms with Crippen molar-refractivity contribution in [3.8, 4) is 5.88 Å². The third-order valence-electron chi connectivity index (χ3n) is 5.99. The fourth-order valence-corrected chi connectivity index (χ4v) is 4.13. The topological polar surface area (TPSA) is 127 Å². The fourth-order valence-electron chi connectivity index (χ4n) is 4.13. The molecule has 38 heavy (non-hydrogen) atoms. The number of carbonyl (C=O) groups is 3. The number of hydrogen-bond donors (Lipinski definition) is 2. The molecule has 1 unspecified atom stereocenters. The van der Waals surface area contributed by atoms with Crippen molar-refractivity contribution in [2.24, 2.45) is 16.6 Å². The molecule has 3 N–H and O–H groups in total. The van der Waals surface area contributed by atoms with E-state index in [0.717, 1.165) is 12.1 Å². The first-order valence-electron chi connectivity index (χ1n) is 11.7. The summed E-state index contributed by atoms with van der Waals surface area (Å²) >= 11 is 0. The van der Waals surface area contributed by atoms with E-state index in [-0.39, 0.29) is 6.42 Å². The van der Waals surface area contributed by atoms with Gasteiger partial charge in [0, 0.05) is 29.3 Å². The molecule has 4 rings (SSSR count). The van der Waals surface area contributed by atoms with Gasteiger partial charge in [-0.2, -0.15) is 0 Å². The van der Waals surface area contributed by atoms with Crippen molar-refractivity contribution in [1.82, 2.24) is 10.3 Å². The maximum atomic E-state index is 13.6. The van der Waals surface area contributed by atoms with Gasteiger partial charge in [-0.15, -0.1) is 0 Å². The smallest absolute Gasteiger partial charge is 0.272 e. The SMILES string of the molecule is COc1cc(C2=NC(NC(=O)[C@@H](C)Cc3ccc(F)c(F)c3)C(=O)N(CC(N)=O)c3ccccc32)ccn1. The van der Waals surface area contributed by atoms with Gasteiger partial charge in [-0.05, 0) is 36.2 Å². The van der Waals surface area contributed by atoms with E-state index in [0.29, 0.717) is 34.0 Å². The summed E-state index contributed by atoms with van der Waals surface area (Å²) in [6.07, 6.45) is 0.202. The van der Waals surface area contributed by atoms with Crippen LogP contribution in [-0.4, -0.2) is 48.2 Å². The number of halogens is 2. The maximum absolute atomic E-state index is 13.6. The highest BCUT2D eigenvalue weighted by Gasteiger charge is 2.34. The Morgan fingerprint density at radius 3 is 2.61 bits per heavy atom. The van der Waals surface area contributed by atoms with E-state index in [9.17, 15) is 23.2 Å². The summed E-state index contributed by atoms with van der Waals surface area (Å²) in [5.74, 6) is -4.38. The van der Waals surface area contributed by atoms with E-state index in [2.05, 4.69) is 15.3 Å². The van der Waals surface area contributed by atoms with E-state index < -0.39 is 48.0 Å². The number of pyridine rings is 1. The van der Waals surface area contributed by atoms with Crippen LogP contribution in [0.2, 0.25) is 0 Å². The van der Waals surface area contributed by atoms with Crippen LogP contribution in [0.25, 0.3) is 0 Å². The zero-order valence-electron chi connectivity index (χ0n) is 20.7. The molecule has 0 spiro atoms. The van der Waals surface area contributed by atoms with Gasteiger partial charge in [0.25, 0.3) is 5.91 Å². The molecule has 0 bridgehead atoms. The monoisotopic (exact) mass is 521 g/mol. The lowest BCUT2D eigenvalue weighted by Gasteiger charge is -2.24. The molecule has 1 aromatic heterocycles. The zero-order chi connectivity index (χ0) is 27.4. The summed E-state index contributed by atoms with van der Waals surface area (Å²) in [6.45, 7) is 1.15. The van der Waals surface area contributed by atoms with Crippen molar-refractivity contribution in [3.63, 3.8) is 0 Å². The molecule has 0 aliphatic carbocycles. The number of benzodiazepines with no additional fused rings is 1. The molecular weight excluding hydrogens is 496 g/mol. The number of primary amides is 1. The first-order valence-corrected chi connectivity index (χ1v) is 11.7. The Hall–Kier alpha value is -4.67. The number of fused-ring (bicyclic) bond motifs is 1. The summed E-state index contributed by atoms with van der Waals surface area (Å²) in [5, 5.41) is 2.64. The van der Waals surface area contributed by atoms with Crippen LogP contribution in [0.15, 0.2) is 65.8 Å². The van der Waals surface area contributed by atoms with Crippen LogP contribution >= 0.6 is 0 Å². The molecule has 0 radical (unpaired) electrons. The molecule has 2 atom stereocenters. The van der Waals surface area contributed by atoms with E-state index in [4.69, 9.17) is 10.5 Å². The number of aromatic nitrogens is 1. The molecule has 11 heteroatoms. The number of anilines is 1. The molecule has 9 nitrogen and oxygen atoms in total. The second kappa shape index (κ2) is 11.2. The highest BCUT2D eigenvalue weighted by atomic mass is 19.2. The Kier molecular flexibility index (Phi) is 7.75. The van der Waals surface area contributed by atoms with Crippen molar-refractivity contribution in [2.45, 2.75) is 19.5 Å². The fraction of sp³-hybridized carbons (Fsp3) is 0.222. The van der Waals surface area contributed by atoms with E-state index in [1.807, 2.05) is 0 Å². The molecule has 3 amide bonds. The third kappa shape index (κ3) is 5.66. The Morgan fingerprint density at radius 1 is 1.13 bits per heavy atom. The average molecular weight is 522 g/mol. The Balaban J connectivity index is 1.72. The predicted octanol–water partition coefficient (Wildman–Crippen LogP) is 2.36. The molecule has 2 aromatic carbocycles. The molecule has 0 saturated heterocycles. The van der Waals surface area contributed by atoms with Gasteiger partial charge >= 0.3 is 0 Å².